The Hall–Kier alpha value is -5.24. The highest BCUT2D eigenvalue weighted by atomic mass is 16.4. The van der Waals surface area contributed by atoms with Crippen LogP contribution in [0.5, 0.6) is 5.75 Å². The van der Waals surface area contributed by atoms with Gasteiger partial charge in [-0.25, -0.2) is 9.78 Å². The van der Waals surface area contributed by atoms with Crippen molar-refractivity contribution in [3.63, 3.8) is 0 Å². The number of amides is 4. The number of aromatic nitrogens is 2. The molecular formula is C37H51N7O7. The molecule has 0 saturated carbocycles. The molecule has 0 saturated heterocycles. The molecule has 1 heterocycles. The zero-order chi connectivity index (χ0) is 37.5. The predicted molar refractivity (Wildman–Crippen MR) is 191 cm³/mol. The van der Waals surface area contributed by atoms with Gasteiger partial charge in [0.1, 0.15) is 29.9 Å². The second-order valence-electron chi connectivity index (χ2n) is 13.2. The van der Waals surface area contributed by atoms with Gasteiger partial charge in [0.15, 0.2) is 0 Å². The predicted octanol–water partition coefficient (Wildman–Crippen LogP) is 2.07. The van der Waals surface area contributed by atoms with E-state index in [9.17, 15) is 34.2 Å². The van der Waals surface area contributed by atoms with Gasteiger partial charge in [-0.1, -0.05) is 76.1 Å². The average molecular weight is 706 g/mol. The number of carboxylic acid groups (broad SMARTS) is 1. The highest BCUT2D eigenvalue weighted by Crippen LogP contribution is 2.16. The highest BCUT2D eigenvalue weighted by Gasteiger charge is 2.35. The van der Waals surface area contributed by atoms with E-state index in [-0.39, 0.29) is 43.8 Å². The van der Waals surface area contributed by atoms with E-state index >= 15 is 0 Å². The van der Waals surface area contributed by atoms with E-state index in [1.807, 2.05) is 51.1 Å². The summed E-state index contributed by atoms with van der Waals surface area (Å²) in [7, 11) is 1.49. The second kappa shape index (κ2) is 19.8. The Morgan fingerprint density at radius 2 is 1.47 bits per heavy atom. The lowest BCUT2D eigenvalue weighted by Crippen LogP contribution is -2.59. The largest absolute Gasteiger partial charge is 0.508 e. The number of carbonyl (C=O) groups excluding carboxylic acids is 4. The summed E-state index contributed by atoms with van der Waals surface area (Å²) in [6.07, 6.45) is 4.95. The molecule has 0 aliphatic heterocycles. The van der Waals surface area contributed by atoms with Crippen LogP contribution in [0.2, 0.25) is 0 Å². The van der Waals surface area contributed by atoms with Gasteiger partial charge >= 0.3 is 5.97 Å². The number of hydrogen-bond acceptors (Lipinski definition) is 8. The topological polar surface area (TPSA) is 220 Å². The van der Waals surface area contributed by atoms with E-state index < -0.39 is 59.8 Å². The first-order chi connectivity index (χ1) is 24.3. The Labute approximate surface area is 298 Å². The molecule has 0 aliphatic rings. The van der Waals surface area contributed by atoms with Crippen LogP contribution in [0.25, 0.3) is 0 Å². The first-order valence-corrected chi connectivity index (χ1v) is 17.2. The number of aliphatic carboxylic acids is 1. The minimum absolute atomic E-state index is 0.0319. The Balaban J connectivity index is 1.82. The van der Waals surface area contributed by atoms with Crippen molar-refractivity contribution < 1.29 is 34.2 Å². The van der Waals surface area contributed by atoms with E-state index in [1.54, 1.807) is 12.1 Å². The Bertz CT molecular complexity index is 1570. The average Bonchev–Trinajstić information content (AvgIpc) is 3.62. The number of likely N-dealkylation sites (N-methyl/N-ethyl adjacent to an activating group) is 1. The minimum atomic E-state index is -1.27. The fourth-order valence-corrected chi connectivity index (χ4v) is 5.63. The van der Waals surface area contributed by atoms with E-state index in [1.165, 1.54) is 36.6 Å². The maximum Gasteiger partial charge on any atom is 0.326 e. The number of carboxylic acids is 1. The van der Waals surface area contributed by atoms with Crippen molar-refractivity contribution in [3.8, 4) is 5.75 Å². The van der Waals surface area contributed by atoms with Crippen LogP contribution in [-0.4, -0.2) is 91.9 Å². The van der Waals surface area contributed by atoms with Gasteiger partial charge in [-0.05, 0) is 48.4 Å². The number of rotatable bonds is 20. The maximum absolute atomic E-state index is 14.2. The summed E-state index contributed by atoms with van der Waals surface area (Å²) in [5, 5.41) is 27.5. The van der Waals surface area contributed by atoms with Crippen molar-refractivity contribution >= 4 is 29.6 Å². The van der Waals surface area contributed by atoms with Gasteiger partial charge in [-0.2, -0.15) is 0 Å². The fraction of sp³-hybridized carbons (Fsp3) is 0.459. The standard InChI is InChI=1S/C37H51N7O7/c1-5-6-12-29(34(47)43-31(37(50)51)20-26-21-39-22-40-26)41-35(48)32(17-23(2)3)44(4)36(49)30(19-24-10-8-7-9-11-24)42-33(46)28(38)18-25-13-15-27(45)16-14-25/h7-11,13-16,21-23,28-32,45H,5-6,12,17-20,38H2,1-4H3,(H,39,40)(H,41,48)(H,42,46)(H,43,47)(H,50,51)/t28-,29-,30-,31-,32-/m0/s1. The number of imidazole rings is 1. The van der Waals surface area contributed by atoms with Crippen molar-refractivity contribution in [1.82, 2.24) is 30.8 Å². The third-order valence-corrected chi connectivity index (χ3v) is 8.51. The number of hydrogen-bond donors (Lipinski definition) is 7. The first-order valence-electron chi connectivity index (χ1n) is 17.2. The van der Waals surface area contributed by atoms with Gasteiger partial charge in [-0.3, -0.25) is 19.2 Å². The van der Waals surface area contributed by atoms with Crippen molar-refractivity contribution in [2.75, 3.05) is 7.05 Å². The van der Waals surface area contributed by atoms with Crippen LogP contribution >= 0.6 is 0 Å². The van der Waals surface area contributed by atoms with Crippen LogP contribution in [0, 0.1) is 5.92 Å². The van der Waals surface area contributed by atoms with Crippen molar-refractivity contribution in [2.45, 2.75) is 95.9 Å². The van der Waals surface area contributed by atoms with Gasteiger partial charge in [0.2, 0.25) is 23.6 Å². The number of nitrogens with zero attached hydrogens (tertiary/aromatic N) is 2. The maximum atomic E-state index is 14.2. The number of phenols is 1. The summed E-state index contributed by atoms with van der Waals surface area (Å²) in [5.74, 6) is -3.51. The molecule has 3 aromatic rings. The molecule has 2 aromatic carbocycles. The Morgan fingerprint density at radius 3 is 2.06 bits per heavy atom. The van der Waals surface area contributed by atoms with Gasteiger partial charge in [-0.15, -0.1) is 0 Å². The van der Waals surface area contributed by atoms with Gasteiger partial charge in [0, 0.05) is 31.8 Å². The molecule has 0 fully saturated rings. The second-order valence-corrected chi connectivity index (χ2v) is 13.2. The van der Waals surface area contributed by atoms with Gasteiger partial charge in [0.25, 0.3) is 0 Å². The molecule has 0 bridgehead atoms. The monoisotopic (exact) mass is 705 g/mol. The number of phenolic OH excluding ortho intramolecular Hbond substituents is 1. The summed E-state index contributed by atoms with van der Waals surface area (Å²) in [5.41, 5.74) is 8.28. The van der Waals surface area contributed by atoms with Crippen molar-refractivity contribution in [3.05, 3.63) is 83.9 Å². The van der Waals surface area contributed by atoms with Crippen LogP contribution in [-0.2, 0) is 43.2 Å². The number of unbranched alkanes of at least 4 members (excludes halogenated alkanes) is 1. The molecular weight excluding hydrogens is 654 g/mol. The van der Waals surface area contributed by atoms with Crippen LogP contribution in [0.15, 0.2) is 67.1 Å². The molecule has 51 heavy (non-hydrogen) atoms. The lowest BCUT2D eigenvalue weighted by molar-refractivity contribution is -0.144. The molecule has 0 radical (unpaired) electrons. The summed E-state index contributed by atoms with van der Waals surface area (Å²) in [6, 6.07) is 10.0. The summed E-state index contributed by atoms with van der Waals surface area (Å²) in [4.78, 5) is 75.0. The van der Waals surface area contributed by atoms with Crippen LogP contribution in [0.4, 0.5) is 0 Å². The molecule has 0 unspecified atom stereocenters. The number of nitrogens with one attached hydrogen (secondary N) is 4. The SMILES string of the molecule is CCCC[C@H](NC(=O)[C@H](CC(C)C)N(C)C(=O)[C@H](Cc1ccccc1)NC(=O)[C@@H](N)Cc1ccc(O)cc1)C(=O)N[C@@H](Cc1cnc[nH]1)C(=O)O. The summed E-state index contributed by atoms with van der Waals surface area (Å²) in [6.45, 7) is 5.73. The van der Waals surface area contributed by atoms with Gasteiger partial charge in [0.05, 0.1) is 12.4 Å². The fourth-order valence-electron chi connectivity index (χ4n) is 5.63. The lowest BCUT2D eigenvalue weighted by atomic mass is 9.98. The zero-order valence-corrected chi connectivity index (χ0v) is 29.7. The van der Waals surface area contributed by atoms with E-state index in [0.29, 0.717) is 12.1 Å². The molecule has 14 heteroatoms. The van der Waals surface area contributed by atoms with Crippen molar-refractivity contribution in [1.29, 1.82) is 0 Å². The quantitative estimate of drug-likeness (QED) is 0.0914. The smallest absolute Gasteiger partial charge is 0.326 e. The third kappa shape index (κ3) is 12.9. The number of H-pyrrole nitrogens is 1. The molecule has 5 atom stereocenters. The van der Waals surface area contributed by atoms with E-state index in [2.05, 4.69) is 25.9 Å². The lowest BCUT2D eigenvalue weighted by Gasteiger charge is -2.33. The number of aromatic hydroxyl groups is 1. The van der Waals surface area contributed by atoms with Crippen LogP contribution in [0.1, 0.15) is 63.3 Å². The van der Waals surface area contributed by atoms with E-state index in [0.717, 1.165) is 17.5 Å². The Morgan fingerprint density at radius 1 is 0.843 bits per heavy atom. The molecule has 1 aromatic heterocycles. The number of aromatic amines is 1. The normalized spacial score (nSPS) is 14.1. The van der Waals surface area contributed by atoms with Gasteiger partial charge < -0.3 is 41.8 Å². The highest BCUT2D eigenvalue weighted by molar-refractivity contribution is 5.95. The number of carbonyl (C=O) groups is 5. The molecule has 0 spiro atoms. The molecule has 8 N–H and O–H groups in total. The van der Waals surface area contributed by atoms with E-state index in [4.69, 9.17) is 5.73 Å². The number of benzene rings is 2. The van der Waals surface area contributed by atoms with Crippen LogP contribution in [0.3, 0.4) is 0 Å². The molecule has 14 nitrogen and oxygen atoms in total. The molecule has 276 valence electrons. The summed E-state index contributed by atoms with van der Waals surface area (Å²) >= 11 is 0. The third-order valence-electron chi connectivity index (χ3n) is 8.51. The summed E-state index contributed by atoms with van der Waals surface area (Å²) < 4.78 is 0. The Kier molecular flexibility index (Phi) is 15.6. The molecule has 0 aliphatic carbocycles. The molecule has 4 amide bonds. The number of nitrogens with two attached hydrogens (primary N) is 1. The first kappa shape index (κ1) is 40.2. The minimum Gasteiger partial charge on any atom is -0.508 e. The van der Waals surface area contributed by atoms with Crippen LogP contribution < -0.4 is 21.7 Å². The molecule has 3 rings (SSSR count). The zero-order valence-electron chi connectivity index (χ0n) is 29.7. The van der Waals surface area contributed by atoms with Crippen molar-refractivity contribution in [2.24, 2.45) is 11.7 Å².